The quantitative estimate of drug-likeness (QED) is 0.523. The second-order valence-electron chi connectivity index (χ2n) is 5.43. The summed E-state index contributed by atoms with van der Waals surface area (Å²) in [7, 11) is 0. The summed E-state index contributed by atoms with van der Waals surface area (Å²) in [5, 5.41) is 2.65. The van der Waals surface area contributed by atoms with Crippen LogP contribution in [0, 0.1) is 0 Å². The minimum absolute atomic E-state index is 1.00. The van der Waals surface area contributed by atoms with Crippen molar-refractivity contribution in [1.82, 2.24) is 0 Å². The Morgan fingerprint density at radius 1 is 0.762 bits per heavy atom. The molecule has 3 aromatic rings. The Morgan fingerprint density at radius 2 is 1.57 bits per heavy atom. The summed E-state index contributed by atoms with van der Waals surface area (Å²) < 4.78 is 0. The molecule has 0 heteroatoms. The number of rotatable bonds is 1. The van der Waals surface area contributed by atoms with Crippen LogP contribution < -0.4 is 0 Å². The monoisotopic (exact) mass is 268 g/mol. The van der Waals surface area contributed by atoms with Crippen molar-refractivity contribution in [3.05, 3.63) is 89.5 Å². The summed E-state index contributed by atoms with van der Waals surface area (Å²) in [5.41, 5.74) is 5.37. The molecule has 0 bridgehead atoms. The van der Waals surface area contributed by atoms with Crippen molar-refractivity contribution >= 4 is 28.5 Å². The van der Waals surface area contributed by atoms with Crippen LogP contribution in [0.4, 0.5) is 0 Å². The van der Waals surface area contributed by atoms with Crippen LogP contribution in [0.25, 0.3) is 28.5 Å². The largest absolute Gasteiger partial charge is 0.0795 e. The summed E-state index contributed by atoms with van der Waals surface area (Å²) in [5.74, 6) is 0. The smallest absolute Gasteiger partial charge is 0.00877 e. The molecule has 1 aliphatic rings. The molecule has 3 aromatic carbocycles. The van der Waals surface area contributed by atoms with Gasteiger partial charge in [-0.15, -0.1) is 0 Å². The van der Waals surface area contributed by atoms with Gasteiger partial charge in [0.25, 0.3) is 0 Å². The highest BCUT2D eigenvalue weighted by Crippen LogP contribution is 2.35. The molecule has 0 nitrogen and oxygen atoms in total. The number of hydrogen-bond acceptors (Lipinski definition) is 0. The van der Waals surface area contributed by atoms with Crippen molar-refractivity contribution in [2.45, 2.75) is 6.42 Å². The minimum Gasteiger partial charge on any atom is -0.0795 e. The Labute approximate surface area is 125 Å². The van der Waals surface area contributed by atoms with E-state index in [2.05, 4.69) is 85.0 Å². The molecule has 0 saturated carbocycles. The third kappa shape index (κ3) is 2.19. The fourth-order valence-corrected chi connectivity index (χ4v) is 3.06. The predicted octanol–water partition coefficient (Wildman–Crippen LogP) is 5.80. The van der Waals surface area contributed by atoms with Crippen molar-refractivity contribution in [2.75, 3.05) is 0 Å². The van der Waals surface area contributed by atoms with Gasteiger partial charge in [0.2, 0.25) is 0 Å². The fraction of sp³-hybridized carbons (Fsp3) is 0.0476. The van der Waals surface area contributed by atoms with Gasteiger partial charge in [0.1, 0.15) is 0 Å². The van der Waals surface area contributed by atoms with Crippen LogP contribution in [-0.4, -0.2) is 0 Å². The number of fused-ring (bicyclic) bond motifs is 3. The molecule has 0 fully saturated rings. The number of benzene rings is 3. The van der Waals surface area contributed by atoms with Crippen LogP contribution in [0.15, 0.2) is 72.8 Å². The first kappa shape index (κ1) is 12.2. The molecular weight excluding hydrogens is 252 g/mol. The number of allylic oxidation sites excluding steroid dienone is 2. The van der Waals surface area contributed by atoms with E-state index in [0.29, 0.717) is 0 Å². The average molecular weight is 268 g/mol. The SMILES string of the molecule is C1=Cc2c(ccc3ccccc23)C(=Cc2ccccc2)C1. The summed E-state index contributed by atoms with van der Waals surface area (Å²) >= 11 is 0. The van der Waals surface area contributed by atoms with E-state index >= 15 is 0 Å². The summed E-state index contributed by atoms with van der Waals surface area (Å²) in [6.45, 7) is 0. The zero-order chi connectivity index (χ0) is 14.1. The van der Waals surface area contributed by atoms with Crippen LogP contribution in [-0.2, 0) is 0 Å². The first-order valence-corrected chi connectivity index (χ1v) is 7.36. The second-order valence-corrected chi connectivity index (χ2v) is 5.43. The predicted molar refractivity (Wildman–Crippen MR) is 91.9 cm³/mol. The summed E-state index contributed by atoms with van der Waals surface area (Å²) in [6.07, 6.45) is 7.83. The third-order valence-corrected chi connectivity index (χ3v) is 4.08. The summed E-state index contributed by atoms with van der Waals surface area (Å²) in [6, 6.07) is 23.7. The Morgan fingerprint density at radius 3 is 2.48 bits per heavy atom. The van der Waals surface area contributed by atoms with Crippen LogP contribution in [0.5, 0.6) is 0 Å². The topological polar surface area (TPSA) is 0 Å². The van der Waals surface area contributed by atoms with Crippen LogP contribution in [0.2, 0.25) is 0 Å². The lowest BCUT2D eigenvalue weighted by molar-refractivity contribution is 1.38. The Balaban J connectivity index is 1.91. The van der Waals surface area contributed by atoms with E-state index in [4.69, 9.17) is 0 Å². The van der Waals surface area contributed by atoms with Gasteiger partial charge in [0.15, 0.2) is 0 Å². The first-order valence-electron chi connectivity index (χ1n) is 7.36. The fourth-order valence-electron chi connectivity index (χ4n) is 3.06. The van der Waals surface area contributed by atoms with E-state index < -0.39 is 0 Å². The molecule has 0 aromatic heterocycles. The zero-order valence-corrected chi connectivity index (χ0v) is 11.8. The molecule has 0 unspecified atom stereocenters. The van der Waals surface area contributed by atoms with E-state index in [-0.39, 0.29) is 0 Å². The maximum atomic E-state index is 2.30. The van der Waals surface area contributed by atoms with Crippen LogP contribution in [0.3, 0.4) is 0 Å². The molecular formula is C21H16. The van der Waals surface area contributed by atoms with E-state index in [0.717, 1.165) is 6.42 Å². The summed E-state index contributed by atoms with van der Waals surface area (Å²) in [4.78, 5) is 0. The molecule has 1 aliphatic carbocycles. The van der Waals surface area contributed by atoms with E-state index in [9.17, 15) is 0 Å². The maximum absolute atomic E-state index is 2.30. The molecule has 0 N–H and O–H groups in total. The van der Waals surface area contributed by atoms with Crippen molar-refractivity contribution in [1.29, 1.82) is 0 Å². The van der Waals surface area contributed by atoms with E-state index in [1.54, 1.807) is 0 Å². The highest BCUT2D eigenvalue weighted by atomic mass is 14.2. The van der Waals surface area contributed by atoms with Crippen LogP contribution >= 0.6 is 0 Å². The van der Waals surface area contributed by atoms with Crippen molar-refractivity contribution in [3.63, 3.8) is 0 Å². The lowest BCUT2D eigenvalue weighted by Gasteiger charge is -2.17. The zero-order valence-electron chi connectivity index (χ0n) is 11.8. The molecule has 0 aliphatic heterocycles. The molecule has 0 spiro atoms. The van der Waals surface area contributed by atoms with Crippen molar-refractivity contribution in [2.24, 2.45) is 0 Å². The Kier molecular flexibility index (Phi) is 2.93. The van der Waals surface area contributed by atoms with Crippen molar-refractivity contribution < 1.29 is 0 Å². The molecule has 100 valence electrons. The average Bonchev–Trinajstić information content (AvgIpc) is 2.56. The molecule has 0 amide bonds. The minimum atomic E-state index is 1.00. The molecule has 0 radical (unpaired) electrons. The molecule has 0 saturated heterocycles. The van der Waals surface area contributed by atoms with Gasteiger partial charge in [-0.1, -0.05) is 85.0 Å². The normalized spacial score (nSPS) is 15.3. The van der Waals surface area contributed by atoms with Gasteiger partial charge < -0.3 is 0 Å². The van der Waals surface area contributed by atoms with Gasteiger partial charge in [-0.2, -0.15) is 0 Å². The van der Waals surface area contributed by atoms with Gasteiger partial charge in [-0.05, 0) is 39.5 Å². The second kappa shape index (κ2) is 5.06. The molecule has 4 rings (SSSR count). The third-order valence-electron chi connectivity index (χ3n) is 4.08. The Bertz CT molecular complexity index is 852. The first-order chi connectivity index (χ1) is 10.4. The van der Waals surface area contributed by atoms with Gasteiger partial charge in [0.05, 0.1) is 0 Å². The highest BCUT2D eigenvalue weighted by Gasteiger charge is 2.12. The van der Waals surface area contributed by atoms with Gasteiger partial charge in [-0.25, -0.2) is 0 Å². The molecule has 21 heavy (non-hydrogen) atoms. The lowest BCUT2D eigenvalue weighted by Crippen LogP contribution is -1.94. The van der Waals surface area contributed by atoms with Gasteiger partial charge in [-0.3, -0.25) is 0 Å². The number of hydrogen-bond donors (Lipinski definition) is 0. The van der Waals surface area contributed by atoms with Crippen molar-refractivity contribution in [3.8, 4) is 0 Å². The Hall–Kier alpha value is -2.60. The molecule has 0 atom stereocenters. The van der Waals surface area contributed by atoms with Crippen LogP contribution in [0.1, 0.15) is 23.1 Å². The molecule has 0 heterocycles. The highest BCUT2D eigenvalue weighted by molar-refractivity contribution is 5.99. The van der Waals surface area contributed by atoms with Gasteiger partial charge in [0, 0.05) is 0 Å². The lowest BCUT2D eigenvalue weighted by atomic mass is 9.88. The van der Waals surface area contributed by atoms with E-state index in [1.165, 1.54) is 33.0 Å². The van der Waals surface area contributed by atoms with E-state index in [1.807, 2.05) is 0 Å². The van der Waals surface area contributed by atoms with Gasteiger partial charge >= 0.3 is 0 Å². The maximum Gasteiger partial charge on any atom is -0.00877 e. The standard InChI is InChI=1S/C21H16/c1-2-7-16(8-3-1)15-18-10-6-12-21-19-11-5-4-9-17(19)13-14-20(18)21/h1-9,11-15H,10H2.